The van der Waals surface area contributed by atoms with Crippen molar-refractivity contribution in [1.29, 1.82) is 0 Å². The van der Waals surface area contributed by atoms with Gasteiger partial charge in [0.1, 0.15) is 6.10 Å². The highest BCUT2D eigenvalue weighted by molar-refractivity contribution is 7.45. The Bertz CT molecular complexity index is 850. The van der Waals surface area contributed by atoms with Crippen LogP contribution in [0, 0.1) is 0 Å². The summed E-state index contributed by atoms with van der Waals surface area (Å²) in [6, 6.07) is 9.86. The van der Waals surface area contributed by atoms with Gasteiger partial charge >= 0.3 is 0 Å². The molecule has 1 aromatic carbocycles. The summed E-state index contributed by atoms with van der Waals surface area (Å²) >= 11 is 0. The summed E-state index contributed by atoms with van der Waals surface area (Å²) in [5.74, 6) is 0. The van der Waals surface area contributed by atoms with E-state index >= 15 is 0 Å². The zero-order valence-corrected chi connectivity index (χ0v) is 32.0. The first kappa shape index (κ1) is 44.2. The zero-order valence-electron chi connectivity index (χ0n) is 31.1. The Morgan fingerprint density at radius 2 is 1.09 bits per heavy atom. The van der Waals surface area contributed by atoms with Gasteiger partial charge < -0.3 is 27.9 Å². The van der Waals surface area contributed by atoms with Gasteiger partial charge in [-0.15, -0.1) is 0 Å². The van der Waals surface area contributed by atoms with Crippen LogP contribution in [-0.4, -0.2) is 64.7 Å². The van der Waals surface area contributed by atoms with E-state index in [1.54, 1.807) is 0 Å². The Hall–Kier alpha value is -0.790. The number of phosphoric acid groups is 1. The summed E-state index contributed by atoms with van der Waals surface area (Å²) in [7, 11) is 2.25. The minimum absolute atomic E-state index is 0.112. The Morgan fingerprint density at radius 1 is 0.617 bits per heavy atom. The molecular formula is C39H74NO6P. The Balaban J connectivity index is 2.14. The second kappa shape index (κ2) is 30.1. The van der Waals surface area contributed by atoms with E-state index in [1.165, 1.54) is 116 Å². The van der Waals surface area contributed by atoms with E-state index in [-0.39, 0.29) is 13.2 Å². The van der Waals surface area contributed by atoms with E-state index in [1.807, 2.05) is 30.3 Å². The predicted molar refractivity (Wildman–Crippen MR) is 195 cm³/mol. The minimum Gasteiger partial charge on any atom is -0.756 e. The van der Waals surface area contributed by atoms with Crippen molar-refractivity contribution in [1.82, 2.24) is 0 Å². The number of phosphoric ester groups is 1. The van der Waals surface area contributed by atoms with Crippen molar-refractivity contribution in [3.63, 3.8) is 0 Å². The van der Waals surface area contributed by atoms with Crippen LogP contribution in [0.2, 0.25) is 0 Å². The lowest BCUT2D eigenvalue weighted by atomic mass is 10.0. The maximum absolute atomic E-state index is 12.4. The van der Waals surface area contributed by atoms with Crippen LogP contribution in [-0.2, 0) is 29.7 Å². The van der Waals surface area contributed by atoms with Crippen molar-refractivity contribution in [3.05, 3.63) is 35.9 Å². The van der Waals surface area contributed by atoms with Gasteiger partial charge in [-0.2, -0.15) is 0 Å². The summed E-state index contributed by atoms with van der Waals surface area (Å²) in [5, 5.41) is 0. The van der Waals surface area contributed by atoms with Crippen LogP contribution in [0.5, 0.6) is 0 Å². The van der Waals surface area contributed by atoms with E-state index in [0.29, 0.717) is 26.2 Å². The van der Waals surface area contributed by atoms with Gasteiger partial charge in [-0.3, -0.25) is 4.57 Å². The second-order valence-corrected chi connectivity index (χ2v) is 15.9. The van der Waals surface area contributed by atoms with Crippen molar-refractivity contribution in [2.24, 2.45) is 0 Å². The number of nitrogens with zero attached hydrogens (tertiary/aromatic N) is 1. The largest absolute Gasteiger partial charge is 0.756 e. The van der Waals surface area contributed by atoms with Gasteiger partial charge in [-0.1, -0.05) is 153 Å². The molecule has 2 atom stereocenters. The topological polar surface area (TPSA) is 77.1 Å². The lowest BCUT2D eigenvalue weighted by Crippen LogP contribution is -2.35. The molecule has 0 bridgehead atoms. The fraction of sp³-hybridized carbons (Fsp3) is 0.846. The average molecular weight is 684 g/mol. The van der Waals surface area contributed by atoms with Crippen molar-refractivity contribution >= 4 is 7.82 Å². The lowest BCUT2D eigenvalue weighted by molar-refractivity contribution is -0.870. The van der Waals surface area contributed by atoms with Gasteiger partial charge in [0.2, 0.25) is 0 Å². The maximum atomic E-state index is 12.4. The van der Waals surface area contributed by atoms with Crippen molar-refractivity contribution in [2.75, 3.05) is 54.1 Å². The molecule has 1 aromatic rings. The summed E-state index contributed by atoms with van der Waals surface area (Å²) in [6.07, 6.45) is 27.3. The molecule has 7 nitrogen and oxygen atoms in total. The summed E-state index contributed by atoms with van der Waals surface area (Å²) in [4.78, 5) is 12.4. The van der Waals surface area contributed by atoms with Crippen LogP contribution in [0.15, 0.2) is 30.3 Å². The third kappa shape index (κ3) is 31.0. The SMILES string of the molecule is CCCCCCCCCCCCCCCCCCOCC(COP(=O)([O-])OCCCCCCCC[N+](C)(C)C)OCc1ccccc1. The molecule has 0 N–H and O–H groups in total. The quantitative estimate of drug-likeness (QED) is 0.0403. The molecule has 0 heterocycles. The van der Waals surface area contributed by atoms with Gasteiger partial charge in [0.15, 0.2) is 0 Å². The summed E-state index contributed by atoms with van der Waals surface area (Å²) in [5.41, 5.74) is 1.02. The second-order valence-electron chi connectivity index (χ2n) is 14.5. The molecule has 0 aliphatic rings. The third-order valence-corrected chi connectivity index (χ3v) is 9.63. The van der Waals surface area contributed by atoms with Crippen LogP contribution < -0.4 is 4.89 Å². The van der Waals surface area contributed by atoms with Crippen molar-refractivity contribution < 1.29 is 32.5 Å². The number of rotatable bonds is 35. The molecule has 0 aromatic heterocycles. The first-order valence-electron chi connectivity index (χ1n) is 19.4. The molecule has 0 fully saturated rings. The number of benzene rings is 1. The van der Waals surface area contributed by atoms with Gasteiger partial charge in [-0.25, -0.2) is 0 Å². The highest BCUT2D eigenvalue weighted by Crippen LogP contribution is 2.38. The number of quaternary nitrogens is 1. The van der Waals surface area contributed by atoms with Crippen molar-refractivity contribution in [3.8, 4) is 0 Å². The fourth-order valence-electron chi connectivity index (χ4n) is 5.68. The third-order valence-electron chi connectivity index (χ3n) is 8.67. The van der Waals surface area contributed by atoms with Crippen molar-refractivity contribution in [2.45, 2.75) is 161 Å². The van der Waals surface area contributed by atoms with E-state index in [4.69, 9.17) is 18.5 Å². The molecule has 0 radical (unpaired) electrons. The fourth-order valence-corrected chi connectivity index (χ4v) is 6.46. The Labute approximate surface area is 290 Å². The zero-order chi connectivity index (χ0) is 34.3. The van der Waals surface area contributed by atoms with Crippen LogP contribution in [0.25, 0.3) is 0 Å². The van der Waals surface area contributed by atoms with E-state index in [9.17, 15) is 9.46 Å². The normalized spacial score (nSPS) is 14.0. The van der Waals surface area contributed by atoms with E-state index < -0.39 is 13.9 Å². The van der Waals surface area contributed by atoms with Crippen LogP contribution in [0.4, 0.5) is 0 Å². The predicted octanol–water partition coefficient (Wildman–Crippen LogP) is 10.4. The Morgan fingerprint density at radius 3 is 1.60 bits per heavy atom. The van der Waals surface area contributed by atoms with Gasteiger partial charge in [0, 0.05) is 6.61 Å². The average Bonchev–Trinajstić information content (AvgIpc) is 3.04. The molecule has 276 valence electrons. The van der Waals surface area contributed by atoms with Crippen LogP contribution >= 0.6 is 7.82 Å². The molecule has 0 aliphatic carbocycles. The summed E-state index contributed by atoms with van der Waals surface area (Å²) < 4.78 is 35.7. The molecule has 0 aliphatic heterocycles. The maximum Gasteiger partial charge on any atom is 0.267 e. The molecule has 0 saturated carbocycles. The molecule has 0 spiro atoms. The molecule has 8 heteroatoms. The van der Waals surface area contributed by atoms with Gasteiger partial charge in [-0.05, 0) is 31.2 Å². The summed E-state index contributed by atoms with van der Waals surface area (Å²) in [6.45, 7) is 4.81. The van der Waals surface area contributed by atoms with Crippen LogP contribution in [0.3, 0.4) is 0 Å². The van der Waals surface area contributed by atoms with Gasteiger partial charge in [0.05, 0.1) is 54.1 Å². The molecular weight excluding hydrogens is 609 g/mol. The highest BCUT2D eigenvalue weighted by Gasteiger charge is 2.16. The van der Waals surface area contributed by atoms with E-state index in [0.717, 1.165) is 35.7 Å². The highest BCUT2D eigenvalue weighted by atomic mass is 31.2. The van der Waals surface area contributed by atoms with Gasteiger partial charge in [0.25, 0.3) is 7.82 Å². The van der Waals surface area contributed by atoms with E-state index in [2.05, 4.69) is 28.1 Å². The minimum atomic E-state index is -4.39. The Kier molecular flexibility index (Phi) is 28.3. The monoisotopic (exact) mass is 684 g/mol. The number of hydrogen-bond acceptors (Lipinski definition) is 6. The molecule has 0 saturated heterocycles. The smallest absolute Gasteiger partial charge is 0.267 e. The number of ether oxygens (including phenoxy) is 2. The number of unbranched alkanes of at least 4 members (excludes halogenated alkanes) is 20. The number of hydrogen-bond donors (Lipinski definition) is 0. The molecule has 0 amide bonds. The standard InChI is InChI=1S/C39H74NO6P/c1-5-6-7-8-9-10-11-12-13-14-15-16-17-19-22-28-33-43-36-39(44-35-38-30-25-24-26-31-38)37-46-47(41,42)45-34-29-23-20-18-21-27-32-40(2,3)4/h24-26,30-31,39H,5-23,27-29,32-37H2,1-4H3. The first-order chi connectivity index (χ1) is 22.7. The molecule has 2 unspecified atom stereocenters. The lowest BCUT2D eigenvalue weighted by Gasteiger charge is -2.26. The first-order valence-corrected chi connectivity index (χ1v) is 20.8. The van der Waals surface area contributed by atoms with Crippen LogP contribution in [0.1, 0.15) is 154 Å². The molecule has 1 rings (SSSR count). The molecule has 47 heavy (non-hydrogen) atoms.